The zero-order valence-electron chi connectivity index (χ0n) is 15.1. The predicted octanol–water partition coefficient (Wildman–Crippen LogP) is 5.71. The van der Waals surface area contributed by atoms with Crippen LogP contribution in [0.5, 0.6) is 0 Å². The summed E-state index contributed by atoms with van der Waals surface area (Å²) in [6, 6.07) is 20.1. The quantitative estimate of drug-likeness (QED) is 0.191. The van der Waals surface area contributed by atoms with Gasteiger partial charge < -0.3 is 5.32 Å². The summed E-state index contributed by atoms with van der Waals surface area (Å²) in [5.41, 5.74) is 2.36. The molecule has 1 aromatic heterocycles. The summed E-state index contributed by atoms with van der Waals surface area (Å²) in [5, 5.41) is 15.6. The fourth-order valence-electron chi connectivity index (χ4n) is 2.79. The van der Waals surface area contributed by atoms with E-state index >= 15 is 0 Å². The van der Waals surface area contributed by atoms with Crippen molar-refractivity contribution in [2.75, 3.05) is 5.32 Å². The van der Waals surface area contributed by atoms with Gasteiger partial charge in [0.1, 0.15) is 11.6 Å². The molecule has 1 N–H and O–H groups in total. The van der Waals surface area contributed by atoms with Gasteiger partial charge in [-0.1, -0.05) is 36.0 Å². The first-order valence-corrected chi connectivity index (χ1v) is 9.72. The third-order valence-electron chi connectivity index (χ3n) is 4.18. The zero-order valence-corrected chi connectivity index (χ0v) is 15.9. The third-order valence-corrected chi connectivity index (χ3v) is 5.10. The van der Waals surface area contributed by atoms with Gasteiger partial charge in [0.2, 0.25) is 0 Å². The fraction of sp³-hybridized carbons (Fsp3) is 0.0476. The maximum atomic E-state index is 13.2. The topological polar surface area (TPSA) is 81.0 Å². The number of non-ortho nitro benzene ring substituents is 1. The molecule has 29 heavy (non-hydrogen) atoms. The normalized spacial score (nSPS) is 10.8. The minimum Gasteiger partial charge on any atom is -0.340 e. The number of benzene rings is 3. The van der Waals surface area contributed by atoms with Crippen molar-refractivity contribution in [3.63, 3.8) is 0 Å². The Morgan fingerprint density at radius 1 is 1.00 bits per heavy atom. The molecule has 0 aliphatic heterocycles. The molecule has 0 aliphatic rings. The molecule has 0 amide bonds. The van der Waals surface area contributed by atoms with Crippen molar-refractivity contribution in [3.05, 3.63) is 94.3 Å². The summed E-state index contributed by atoms with van der Waals surface area (Å²) >= 11 is 1.39. The Morgan fingerprint density at radius 3 is 2.59 bits per heavy atom. The van der Waals surface area contributed by atoms with Gasteiger partial charge in [0, 0.05) is 29.0 Å². The van der Waals surface area contributed by atoms with Crippen LogP contribution in [0.2, 0.25) is 0 Å². The number of hydrogen-bond donors (Lipinski definition) is 1. The van der Waals surface area contributed by atoms with Crippen LogP contribution in [-0.2, 0) is 5.75 Å². The summed E-state index contributed by atoms with van der Waals surface area (Å²) in [6.07, 6.45) is 0. The molecule has 0 bridgehead atoms. The van der Waals surface area contributed by atoms with E-state index in [0.717, 1.165) is 16.5 Å². The van der Waals surface area contributed by atoms with Crippen molar-refractivity contribution < 1.29 is 9.31 Å². The Hall–Kier alpha value is -3.52. The van der Waals surface area contributed by atoms with Crippen LogP contribution in [0.3, 0.4) is 0 Å². The number of para-hydroxylation sites is 1. The van der Waals surface area contributed by atoms with Gasteiger partial charge in [-0.15, -0.1) is 0 Å². The number of rotatable bonds is 6. The second-order valence-corrected chi connectivity index (χ2v) is 7.16. The lowest BCUT2D eigenvalue weighted by atomic mass is 10.2. The van der Waals surface area contributed by atoms with Gasteiger partial charge in [-0.25, -0.2) is 14.4 Å². The molecular formula is C21H15FN4O2S. The number of halogens is 1. The molecular weight excluding hydrogens is 391 g/mol. The molecule has 4 aromatic rings. The molecule has 144 valence electrons. The number of fused-ring (bicyclic) bond motifs is 1. The maximum Gasteiger partial charge on any atom is 0.269 e. The second kappa shape index (κ2) is 8.24. The van der Waals surface area contributed by atoms with E-state index in [9.17, 15) is 14.5 Å². The van der Waals surface area contributed by atoms with Crippen molar-refractivity contribution in [1.29, 1.82) is 0 Å². The van der Waals surface area contributed by atoms with E-state index in [-0.39, 0.29) is 11.5 Å². The van der Waals surface area contributed by atoms with Gasteiger partial charge in [0.15, 0.2) is 5.16 Å². The smallest absolute Gasteiger partial charge is 0.269 e. The van der Waals surface area contributed by atoms with Crippen LogP contribution in [0.4, 0.5) is 21.6 Å². The molecule has 0 aliphatic carbocycles. The molecule has 0 fully saturated rings. The van der Waals surface area contributed by atoms with Crippen LogP contribution < -0.4 is 5.32 Å². The molecule has 0 atom stereocenters. The van der Waals surface area contributed by atoms with Gasteiger partial charge in [0.25, 0.3) is 5.69 Å². The summed E-state index contributed by atoms with van der Waals surface area (Å²) in [4.78, 5) is 19.7. The van der Waals surface area contributed by atoms with Crippen LogP contribution in [0.15, 0.2) is 78.0 Å². The van der Waals surface area contributed by atoms with Crippen molar-refractivity contribution in [2.24, 2.45) is 0 Å². The van der Waals surface area contributed by atoms with Crippen LogP contribution in [0.25, 0.3) is 10.9 Å². The number of hydrogen-bond acceptors (Lipinski definition) is 6. The van der Waals surface area contributed by atoms with Crippen LogP contribution in [0, 0.1) is 15.9 Å². The number of nitrogens with zero attached hydrogens (tertiary/aromatic N) is 3. The average Bonchev–Trinajstić information content (AvgIpc) is 2.74. The molecule has 3 aromatic carbocycles. The van der Waals surface area contributed by atoms with Crippen molar-refractivity contribution in [3.8, 4) is 0 Å². The molecule has 6 nitrogen and oxygen atoms in total. The SMILES string of the molecule is O=[N+]([O-])c1cccc(CSc2nc(Nc3ccc(F)cc3)c3ccccc3n2)c1. The predicted molar refractivity (Wildman–Crippen MR) is 112 cm³/mol. The molecule has 0 saturated heterocycles. The van der Waals surface area contributed by atoms with Crippen molar-refractivity contribution in [2.45, 2.75) is 10.9 Å². The van der Waals surface area contributed by atoms with E-state index in [0.29, 0.717) is 22.4 Å². The second-order valence-electron chi connectivity index (χ2n) is 6.22. The maximum absolute atomic E-state index is 13.2. The number of nitro benzene ring substituents is 1. The van der Waals surface area contributed by atoms with E-state index in [2.05, 4.69) is 15.3 Å². The monoisotopic (exact) mass is 406 g/mol. The molecule has 1 heterocycles. The van der Waals surface area contributed by atoms with Gasteiger partial charge in [-0.2, -0.15) is 0 Å². The zero-order chi connectivity index (χ0) is 20.2. The summed E-state index contributed by atoms with van der Waals surface area (Å²) in [7, 11) is 0. The Morgan fingerprint density at radius 2 is 1.79 bits per heavy atom. The number of nitrogens with one attached hydrogen (secondary N) is 1. The van der Waals surface area contributed by atoms with Gasteiger partial charge in [-0.3, -0.25) is 10.1 Å². The molecule has 0 radical (unpaired) electrons. The first-order valence-electron chi connectivity index (χ1n) is 8.74. The lowest BCUT2D eigenvalue weighted by Gasteiger charge is -2.11. The average molecular weight is 406 g/mol. The van der Waals surface area contributed by atoms with E-state index < -0.39 is 4.92 Å². The Kier molecular flexibility index (Phi) is 5.35. The van der Waals surface area contributed by atoms with Gasteiger partial charge in [0.05, 0.1) is 10.4 Å². The molecule has 0 spiro atoms. The Labute approximate surface area is 170 Å². The highest BCUT2D eigenvalue weighted by Gasteiger charge is 2.10. The standard InChI is InChI=1S/C21H15FN4O2S/c22-15-8-10-16(11-9-15)23-20-18-6-1-2-7-19(18)24-21(25-20)29-13-14-4-3-5-17(12-14)26(27)28/h1-12H,13H2,(H,23,24,25). The fourth-order valence-corrected chi connectivity index (χ4v) is 3.59. The highest BCUT2D eigenvalue weighted by Crippen LogP contribution is 2.29. The van der Waals surface area contributed by atoms with E-state index in [1.807, 2.05) is 30.3 Å². The third kappa shape index (κ3) is 4.49. The lowest BCUT2D eigenvalue weighted by molar-refractivity contribution is -0.384. The molecule has 4 rings (SSSR count). The highest BCUT2D eigenvalue weighted by molar-refractivity contribution is 7.98. The minimum absolute atomic E-state index is 0.0567. The number of thioether (sulfide) groups is 1. The van der Waals surface area contributed by atoms with Gasteiger partial charge in [-0.05, 0) is 42.0 Å². The summed E-state index contributed by atoms with van der Waals surface area (Å²) in [5.74, 6) is 0.802. The van der Waals surface area contributed by atoms with Crippen molar-refractivity contribution in [1.82, 2.24) is 9.97 Å². The van der Waals surface area contributed by atoms with E-state index in [4.69, 9.17) is 0 Å². The van der Waals surface area contributed by atoms with Crippen molar-refractivity contribution >= 4 is 39.9 Å². The highest BCUT2D eigenvalue weighted by atomic mass is 32.2. The number of aromatic nitrogens is 2. The Balaban J connectivity index is 1.62. The lowest BCUT2D eigenvalue weighted by Crippen LogP contribution is -1.99. The number of anilines is 2. The van der Waals surface area contributed by atoms with Crippen LogP contribution in [-0.4, -0.2) is 14.9 Å². The van der Waals surface area contributed by atoms with Gasteiger partial charge >= 0.3 is 0 Å². The minimum atomic E-state index is -0.411. The first kappa shape index (κ1) is 18.8. The number of nitro groups is 1. The first-order chi connectivity index (χ1) is 14.1. The van der Waals surface area contributed by atoms with Crippen LogP contribution in [0.1, 0.15) is 5.56 Å². The largest absolute Gasteiger partial charge is 0.340 e. The molecule has 0 saturated carbocycles. The molecule has 8 heteroatoms. The van der Waals surface area contributed by atoms with E-state index in [1.165, 1.54) is 30.0 Å². The van der Waals surface area contributed by atoms with E-state index in [1.54, 1.807) is 24.3 Å². The van der Waals surface area contributed by atoms with Crippen LogP contribution >= 0.6 is 11.8 Å². The summed E-state index contributed by atoms with van der Waals surface area (Å²) < 4.78 is 13.2. The summed E-state index contributed by atoms with van der Waals surface area (Å²) in [6.45, 7) is 0. The Bertz CT molecular complexity index is 1180. The molecule has 0 unspecified atom stereocenters.